The molecule has 0 spiro atoms. The van der Waals surface area contributed by atoms with Gasteiger partial charge in [0, 0.05) is 0 Å². The first-order valence-electron chi connectivity index (χ1n) is 2.89. The second-order valence-corrected chi connectivity index (χ2v) is 1.80. The summed E-state index contributed by atoms with van der Waals surface area (Å²) in [5, 5.41) is 0. The molecule has 0 saturated heterocycles. The Bertz CT molecular complexity index is 32.0. The third kappa shape index (κ3) is 302. The van der Waals surface area contributed by atoms with Crippen LogP contribution in [-0.2, 0) is 0 Å². The Morgan fingerprint density at radius 2 is 1.00 bits per heavy atom. The van der Waals surface area contributed by atoms with Crippen LogP contribution < -0.4 is 0 Å². The summed E-state index contributed by atoms with van der Waals surface area (Å²) in [6.07, 6.45) is 0. The van der Waals surface area contributed by atoms with Crippen molar-refractivity contribution in [1.29, 1.82) is 0 Å². The van der Waals surface area contributed by atoms with Crippen molar-refractivity contribution in [3.63, 3.8) is 0 Å². The fourth-order valence-electron chi connectivity index (χ4n) is 0. The van der Waals surface area contributed by atoms with Gasteiger partial charge in [-0.1, -0.05) is 6.55 Å². The SMILES string of the molecule is C[SiH3].O[Si](O)(O)O.[CH3][Na]. The molecule has 0 aromatic carbocycles. The van der Waals surface area contributed by atoms with Crippen LogP contribution in [0.2, 0.25) is 10.7 Å². The van der Waals surface area contributed by atoms with Crippen LogP contribution in [0.1, 0.15) is 0 Å². The summed E-state index contributed by atoms with van der Waals surface area (Å²) >= 11 is 1.31. The van der Waals surface area contributed by atoms with E-state index in [4.69, 9.17) is 19.2 Å². The van der Waals surface area contributed by atoms with E-state index < -0.39 is 9.05 Å². The van der Waals surface area contributed by atoms with E-state index in [1.807, 2.05) is 0 Å². The molecule has 0 aliphatic heterocycles. The van der Waals surface area contributed by atoms with Gasteiger partial charge < -0.3 is 19.2 Å². The van der Waals surface area contributed by atoms with Crippen LogP contribution in [0.5, 0.6) is 0 Å². The van der Waals surface area contributed by atoms with Crippen LogP contribution in [0.25, 0.3) is 0 Å². The molecule has 0 radical (unpaired) electrons. The topological polar surface area (TPSA) is 80.9 Å². The summed E-state index contributed by atoms with van der Waals surface area (Å²) < 4.78 is 2.14. The summed E-state index contributed by atoms with van der Waals surface area (Å²) in [6, 6.07) is 0. The van der Waals surface area contributed by atoms with Crippen molar-refractivity contribution in [2.75, 3.05) is 0 Å². The van der Waals surface area contributed by atoms with Gasteiger partial charge in [-0.3, -0.25) is 0 Å². The summed E-state index contributed by atoms with van der Waals surface area (Å²) in [5.74, 6) is 0. The Labute approximate surface area is 76.9 Å². The molecule has 0 bridgehead atoms. The predicted octanol–water partition coefficient (Wildman–Crippen LogP) is -3.01. The van der Waals surface area contributed by atoms with Crippen molar-refractivity contribution in [2.45, 2.75) is 10.7 Å². The van der Waals surface area contributed by atoms with Gasteiger partial charge in [0.1, 0.15) is 0 Å². The average Bonchev–Trinajstić information content (AvgIpc) is 1.72. The molecule has 4 N–H and O–H groups in total. The van der Waals surface area contributed by atoms with E-state index in [9.17, 15) is 0 Å². The summed E-state index contributed by atoms with van der Waals surface area (Å²) in [7, 11) is -3.31. The van der Waals surface area contributed by atoms with E-state index in [2.05, 4.69) is 10.7 Å². The minimum atomic E-state index is -4.61. The van der Waals surface area contributed by atoms with E-state index >= 15 is 0 Å². The first kappa shape index (κ1) is 16.7. The van der Waals surface area contributed by atoms with E-state index in [1.165, 1.54) is 38.2 Å². The molecule has 0 amide bonds. The Balaban J connectivity index is -0.0000000771. The second-order valence-electron chi connectivity index (χ2n) is 0.600. The monoisotopic (exact) mass is 180 g/mol. The van der Waals surface area contributed by atoms with Gasteiger partial charge in [0.15, 0.2) is 0 Å². The van der Waals surface area contributed by atoms with Crippen molar-refractivity contribution in [3.05, 3.63) is 0 Å². The molecule has 0 saturated carbocycles. The maximum absolute atomic E-state index is 7.33. The van der Waals surface area contributed by atoms with Crippen LogP contribution in [0.3, 0.4) is 0 Å². The molecule has 0 aliphatic rings. The molecule has 0 aromatic rings. The van der Waals surface area contributed by atoms with Gasteiger partial charge in [0.25, 0.3) is 0 Å². The molecule has 0 aromatic heterocycles. The van der Waals surface area contributed by atoms with Gasteiger partial charge in [-0.25, -0.2) is 0 Å². The zero-order chi connectivity index (χ0) is 8.50. The summed E-state index contributed by atoms with van der Waals surface area (Å²) in [5.41, 5.74) is 0. The third-order valence-electron chi connectivity index (χ3n) is 0. The first-order valence-corrected chi connectivity index (χ1v) is 8.68. The Morgan fingerprint density at radius 1 is 1.00 bits per heavy atom. The van der Waals surface area contributed by atoms with Crippen LogP contribution in [0, 0.1) is 0 Å². The molecule has 9 heavy (non-hydrogen) atoms. The van der Waals surface area contributed by atoms with Crippen molar-refractivity contribution < 1.29 is 19.2 Å². The maximum atomic E-state index is 7.33. The molecule has 0 heterocycles. The van der Waals surface area contributed by atoms with Crippen molar-refractivity contribution in [3.8, 4) is 0 Å². The standard InChI is InChI=1S/CH6Si.CH3.Na.H4O4Si/c1-2;;;1-5(2,3)4/h1-2H3;1H3;;1-4H. The predicted molar refractivity (Wildman–Crippen MR) is 42.1 cm³/mol. The fraction of sp³-hybridized carbons (Fsp3) is 1.00. The number of hydrogen-bond acceptors (Lipinski definition) is 4. The molecule has 0 unspecified atom stereocenters. The number of rotatable bonds is 0. The average molecular weight is 180 g/mol. The normalized spacial score (nSPS) is 8.44. The van der Waals surface area contributed by atoms with Crippen LogP contribution >= 0.6 is 0 Å². The second kappa shape index (κ2) is 12.0. The third-order valence-corrected chi connectivity index (χ3v) is 0. The van der Waals surface area contributed by atoms with E-state index in [0.717, 1.165) is 0 Å². The van der Waals surface area contributed by atoms with Crippen LogP contribution in [-0.4, -0.2) is 66.4 Å². The van der Waals surface area contributed by atoms with Crippen molar-refractivity contribution in [1.82, 2.24) is 0 Å². The zero-order valence-corrected chi connectivity index (χ0v) is 11.3. The van der Waals surface area contributed by atoms with E-state index in [-0.39, 0.29) is 0 Å². The summed E-state index contributed by atoms with van der Waals surface area (Å²) in [4.78, 5) is 29.3. The minimum absolute atomic E-state index is 1.31. The summed E-state index contributed by atoms with van der Waals surface area (Å²) in [6.45, 7) is 2.14. The van der Waals surface area contributed by atoms with Gasteiger partial charge in [0.2, 0.25) is 0 Å². The van der Waals surface area contributed by atoms with Gasteiger partial charge in [0.05, 0.1) is 0 Å². The molecule has 0 aliphatic carbocycles. The molecule has 0 fully saturated rings. The van der Waals surface area contributed by atoms with Crippen molar-refractivity contribution in [2.24, 2.45) is 0 Å². The first-order chi connectivity index (χ1) is 4.00. The molecular weight excluding hydrogens is 167 g/mol. The molecule has 0 rings (SSSR count). The Morgan fingerprint density at radius 3 is 1.00 bits per heavy atom. The quantitative estimate of drug-likeness (QED) is 0.299. The molecule has 54 valence electrons. The molecule has 7 heteroatoms. The number of hydrogen-bond donors (Lipinski definition) is 4. The van der Waals surface area contributed by atoms with Gasteiger partial charge in [-0.2, -0.15) is 0 Å². The molecule has 4 nitrogen and oxygen atoms in total. The fourth-order valence-corrected chi connectivity index (χ4v) is 0. The molecule has 0 atom stereocenters. The Hall–Kier alpha value is 1.27. The van der Waals surface area contributed by atoms with E-state index in [1.54, 1.807) is 0 Å². The van der Waals surface area contributed by atoms with Crippen LogP contribution in [0.15, 0.2) is 0 Å². The van der Waals surface area contributed by atoms with Crippen LogP contribution in [0.4, 0.5) is 0 Å². The Kier molecular flexibility index (Phi) is 22.3. The molecular formula is C2H13NaO4Si2. The van der Waals surface area contributed by atoms with E-state index in [0.29, 0.717) is 0 Å². The van der Waals surface area contributed by atoms with Gasteiger partial charge in [-0.05, 0) is 10.2 Å². The zero-order valence-electron chi connectivity index (χ0n) is 6.29. The van der Waals surface area contributed by atoms with Crippen molar-refractivity contribution >= 4 is 47.2 Å². The van der Waals surface area contributed by atoms with Gasteiger partial charge >= 0.3 is 41.2 Å². The van der Waals surface area contributed by atoms with Gasteiger partial charge in [-0.15, -0.1) is 0 Å².